The number of hydrogen-bond acceptors (Lipinski definition) is 5. The molecule has 6 heteroatoms. The van der Waals surface area contributed by atoms with Crippen LogP contribution in [0.4, 0.5) is 10.1 Å². The molecule has 2 aromatic carbocycles. The van der Waals surface area contributed by atoms with Crippen LogP contribution in [0.3, 0.4) is 0 Å². The molecule has 0 radical (unpaired) electrons. The minimum Gasteiger partial charge on any atom is -0.463 e. The Morgan fingerprint density at radius 1 is 1.12 bits per heavy atom. The maximum absolute atomic E-state index is 15.2. The highest BCUT2D eigenvalue weighted by Crippen LogP contribution is 2.50. The molecule has 0 amide bonds. The predicted octanol–water partition coefficient (Wildman–Crippen LogP) is 5.18. The van der Waals surface area contributed by atoms with Crippen molar-refractivity contribution >= 4 is 17.4 Å². The lowest BCUT2D eigenvalue weighted by Crippen LogP contribution is -2.27. The summed E-state index contributed by atoms with van der Waals surface area (Å²) in [5, 5.41) is 0. The quantitative estimate of drug-likeness (QED) is 0.561. The Bertz CT molecular complexity index is 1250. The average molecular weight is 445 g/mol. The molecule has 0 fully saturated rings. The number of rotatable bonds is 4. The van der Waals surface area contributed by atoms with Crippen LogP contribution in [0.2, 0.25) is 0 Å². The third-order valence-electron chi connectivity index (χ3n) is 6.29. The number of nitrogens with two attached hydrogens (primary N) is 1. The Balaban J connectivity index is 1.84. The number of nitrogen functional groups attached to an aromatic ring is 1. The number of aromatic nitrogens is 1. The second-order valence-electron chi connectivity index (χ2n) is 8.26. The Morgan fingerprint density at radius 2 is 1.85 bits per heavy atom. The van der Waals surface area contributed by atoms with Crippen molar-refractivity contribution in [2.45, 2.75) is 38.5 Å². The highest BCUT2D eigenvalue weighted by molar-refractivity contribution is 6.00. The Hall–Kier alpha value is -3.67. The van der Waals surface area contributed by atoms with E-state index in [0.29, 0.717) is 34.0 Å². The molecule has 0 bridgehead atoms. The van der Waals surface area contributed by atoms with Crippen molar-refractivity contribution in [1.29, 1.82) is 0 Å². The van der Waals surface area contributed by atoms with E-state index in [1.165, 1.54) is 6.07 Å². The van der Waals surface area contributed by atoms with Crippen molar-refractivity contribution in [2.75, 3.05) is 12.3 Å². The van der Waals surface area contributed by atoms with Crippen LogP contribution >= 0.6 is 0 Å². The lowest BCUT2D eigenvalue weighted by molar-refractivity contribution is -0.138. The maximum atomic E-state index is 15.2. The first-order valence-corrected chi connectivity index (χ1v) is 11.3. The van der Waals surface area contributed by atoms with Crippen LogP contribution in [0.5, 0.6) is 5.88 Å². The molecule has 0 spiro atoms. The summed E-state index contributed by atoms with van der Waals surface area (Å²) in [6.07, 6.45) is 3.66. The molecule has 2 aliphatic rings. The van der Waals surface area contributed by atoms with Crippen LogP contribution in [-0.4, -0.2) is 17.6 Å². The fraction of sp³-hybridized carbons (Fsp3) is 0.259. The van der Waals surface area contributed by atoms with Gasteiger partial charge in [-0.05, 0) is 44.2 Å². The number of nitrogens with zero attached hydrogens (tertiary/aromatic N) is 1. The summed E-state index contributed by atoms with van der Waals surface area (Å²) < 4.78 is 26.9. The van der Waals surface area contributed by atoms with Crippen molar-refractivity contribution in [3.8, 4) is 5.88 Å². The lowest BCUT2D eigenvalue weighted by atomic mass is 9.79. The molecule has 1 aromatic heterocycles. The predicted molar refractivity (Wildman–Crippen MR) is 124 cm³/mol. The molecule has 1 atom stereocenters. The van der Waals surface area contributed by atoms with Gasteiger partial charge in [0.2, 0.25) is 5.88 Å². The van der Waals surface area contributed by atoms with Crippen molar-refractivity contribution in [3.63, 3.8) is 0 Å². The van der Waals surface area contributed by atoms with Crippen molar-refractivity contribution < 1.29 is 18.7 Å². The van der Waals surface area contributed by atoms with Gasteiger partial charge in [0, 0.05) is 22.5 Å². The second-order valence-corrected chi connectivity index (χ2v) is 8.26. The van der Waals surface area contributed by atoms with Crippen LogP contribution in [-0.2, 0) is 22.4 Å². The lowest BCUT2D eigenvalue weighted by Gasteiger charge is -2.32. The zero-order chi connectivity index (χ0) is 22.9. The van der Waals surface area contributed by atoms with Crippen molar-refractivity contribution in [1.82, 2.24) is 4.98 Å². The zero-order valence-electron chi connectivity index (χ0n) is 18.4. The zero-order valence-corrected chi connectivity index (χ0v) is 18.4. The molecule has 2 heterocycles. The molecule has 5 rings (SSSR count). The first-order valence-electron chi connectivity index (χ1n) is 11.3. The van der Waals surface area contributed by atoms with Gasteiger partial charge in [-0.15, -0.1) is 0 Å². The average Bonchev–Trinajstić information content (AvgIpc) is 2.84. The first kappa shape index (κ1) is 21.2. The third kappa shape index (κ3) is 3.65. The molecule has 1 unspecified atom stereocenters. The molecule has 5 nitrogen and oxygen atoms in total. The second kappa shape index (κ2) is 8.70. The number of fused-ring (bicyclic) bond motifs is 2. The normalized spacial score (nSPS) is 17.1. The molecule has 2 N–H and O–H groups in total. The summed E-state index contributed by atoms with van der Waals surface area (Å²) in [5.74, 6) is -1.15. The van der Waals surface area contributed by atoms with E-state index in [1.807, 2.05) is 30.3 Å². The van der Waals surface area contributed by atoms with E-state index in [2.05, 4.69) is 0 Å². The van der Waals surface area contributed by atoms with Crippen LogP contribution in [0.1, 0.15) is 53.6 Å². The fourth-order valence-electron chi connectivity index (χ4n) is 4.79. The molecule has 3 aromatic rings. The number of carbonyl (C=O) groups excluding carboxylic acids is 1. The Labute approximate surface area is 192 Å². The van der Waals surface area contributed by atoms with Gasteiger partial charge in [-0.1, -0.05) is 48.5 Å². The summed E-state index contributed by atoms with van der Waals surface area (Å²) >= 11 is 0. The standard InChI is InChI=1S/C27H25FN2O3/c1-2-32-27(31)23-21(17-12-6-8-14-19(17)28)22-24(29)18-13-7-9-15-20(18)30-26(22)33-25(23)16-10-4-3-5-11-16/h3-6,8,10-12,14,21H,2,7,9,13,15H2,1H3,(H2,29,30). The van der Waals surface area contributed by atoms with E-state index in [-0.39, 0.29) is 12.2 Å². The maximum Gasteiger partial charge on any atom is 0.338 e. The summed E-state index contributed by atoms with van der Waals surface area (Å²) in [4.78, 5) is 18.2. The van der Waals surface area contributed by atoms with E-state index in [0.717, 1.165) is 36.9 Å². The summed E-state index contributed by atoms with van der Waals surface area (Å²) in [6, 6.07) is 15.7. The molecule has 0 saturated heterocycles. The Morgan fingerprint density at radius 3 is 2.61 bits per heavy atom. The van der Waals surface area contributed by atoms with E-state index in [1.54, 1.807) is 25.1 Å². The highest BCUT2D eigenvalue weighted by atomic mass is 19.1. The third-order valence-corrected chi connectivity index (χ3v) is 6.29. The molecule has 1 aliphatic heterocycles. The van der Waals surface area contributed by atoms with E-state index in [9.17, 15) is 4.79 Å². The van der Waals surface area contributed by atoms with E-state index >= 15 is 4.39 Å². The van der Waals surface area contributed by atoms with Crippen LogP contribution in [0.15, 0.2) is 60.2 Å². The highest BCUT2D eigenvalue weighted by Gasteiger charge is 2.41. The van der Waals surface area contributed by atoms with Crippen LogP contribution in [0, 0.1) is 5.82 Å². The van der Waals surface area contributed by atoms with Crippen LogP contribution in [0.25, 0.3) is 5.76 Å². The van der Waals surface area contributed by atoms with Gasteiger partial charge in [0.1, 0.15) is 11.6 Å². The van der Waals surface area contributed by atoms with Gasteiger partial charge in [0.15, 0.2) is 0 Å². The van der Waals surface area contributed by atoms with Gasteiger partial charge in [-0.25, -0.2) is 14.2 Å². The minimum absolute atomic E-state index is 0.180. The molecular formula is C27H25FN2O3. The van der Waals surface area contributed by atoms with Gasteiger partial charge in [-0.2, -0.15) is 0 Å². The van der Waals surface area contributed by atoms with Gasteiger partial charge < -0.3 is 15.2 Å². The first-order chi connectivity index (χ1) is 16.1. The van der Waals surface area contributed by atoms with E-state index in [4.69, 9.17) is 20.2 Å². The monoisotopic (exact) mass is 444 g/mol. The Kier molecular flexibility index (Phi) is 5.58. The topological polar surface area (TPSA) is 74.4 Å². The van der Waals surface area contributed by atoms with E-state index < -0.39 is 17.7 Å². The number of pyridine rings is 1. The summed E-state index contributed by atoms with van der Waals surface area (Å²) in [5.41, 5.74) is 10.9. The summed E-state index contributed by atoms with van der Waals surface area (Å²) in [6.45, 7) is 1.92. The number of benzene rings is 2. The number of halogens is 1. The van der Waals surface area contributed by atoms with Gasteiger partial charge >= 0.3 is 5.97 Å². The smallest absolute Gasteiger partial charge is 0.338 e. The van der Waals surface area contributed by atoms with Gasteiger partial charge in [0.25, 0.3) is 0 Å². The molecule has 0 saturated carbocycles. The molecule has 1 aliphatic carbocycles. The van der Waals surface area contributed by atoms with Gasteiger partial charge in [-0.3, -0.25) is 0 Å². The van der Waals surface area contributed by atoms with Crippen LogP contribution < -0.4 is 10.5 Å². The van der Waals surface area contributed by atoms with Gasteiger partial charge in [0.05, 0.1) is 23.7 Å². The fourth-order valence-corrected chi connectivity index (χ4v) is 4.79. The number of carbonyl (C=O) groups is 1. The number of esters is 1. The number of aryl methyl sites for hydroxylation is 1. The minimum atomic E-state index is -0.802. The summed E-state index contributed by atoms with van der Waals surface area (Å²) in [7, 11) is 0. The number of hydrogen-bond donors (Lipinski definition) is 1. The molecule has 33 heavy (non-hydrogen) atoms. The molecular weight excluding hydrogens is 419 g/mol. The number of anilines is 1. The van der Waals surface area contributed by atoms with Crippen molar-refractivity contribution in [2.24, 2.45) is 0 Å². The largest absolute Gasteiger partial charge is 0.463 e. The van der Waals surface area contributed by atoms with Crippen molar-refractivity contribution in [3.05, 3.63) is 93.9 Å². The SMILES string of the molecule is CCOC(=O)C1=C(c2ccccc2)Oc2nc3c(c(N)c2C1c1ccccc1F)CCCC3. The molecule has 168 valence electrons. The number of ether oxygens (including phenoxy) is 2.